The topological polar surface area (TPSA) is 118 Å². The zero-order valence-corrected chi connectivity index (χ0v) is 16.5. The van der Waals surface area contributed by atoms with Crippen LogP contribution in [0.3, 0.4) is 0 Å². The van der Waals surface area contributed by atoms with Crippen LogP contribution in [0, 0.1) is 17.1 Å². The minimum Gasteiger partial charge on any atom is -0.286 e. The molecule has 0 fully saturated rings. The highest BCUT2D eigenvalue weighted by Crippen LogP contribution is 2.20. The molecule has 0 amide bonds. The maximum absolute atomic E-state index is 14.7. The van der Waals surface area contributed by atoms with Gasteiger partial charge in [0, 0.05) is 6.42 Å². The van der Waals surface area contributed by atoms with Crippen LogP contribution in [-0.2, 0) is 23.0 Å². The lowest BCUT2D eigenvalue weighted by Gasteiger charge is -2.09. The summed E-state index contributed by atoms with van der Waals surface area (Å²) in [5.74, 6) is 0.120. The Morgan fingerprint density at radius 1 is 1.24 bits per heavy atom. The Bertz CT molecular complexity index is 1160. The molecule has 0 saturated carbocycles. The van der Waals surface area contributed by atoms with Crippen LogP contribution < -0.4 is 5.14 Å². The summed E-state index contributed by atoms with van der Waals surface area (Å²) in [5.41, 5.74) is 1.02. The van der Waals surface area contributed by atoms with Gasteiger partial charge in [-0.3, -0.25) is 4.90 Å². The molecule has 0 aliphatic rings. The van der Waals surface area contributed by atoms with Crippen LogP contribution in [0.5, 0.6) is 0 Å². The zero-order chi connectivity index (χ0) is 21.0. The van der Waals surface area contributed by atoms with Crippen LogP contribution in [0.1, 0.15) is 17.2 Å². The predicted octanol–water partition coefficient (Wildman–Crippen LogP) is 1.60. The number of nitrogens with two attached hydrogens (primary N) is 1. The highest BCUT2D eigenvalue weighted by atomic mass is 32.2. The lowest BCUT2D eigenvalue weighted by Crippen LogP contribution is -2.18. The van der Waals surface area contributed by atoms with E-state index in [4.69, 9.17) is 10.4 Å². The van der Waals surface area contributed by atoms with Crippen LogP contribution >= 0.6 is 0 Å². The lowest BCUT2D eigenvalue weighted by molar-refractivity contribution is 0.357. The number of benzene rings is 2. The summed E-state index contributed by atoms with van der Waals surface area (Å²) in [5, 5.41) is 18.3. The van der Waals surface area contributed by atoms with Crippen molar-refractivity contribution in [2.24, 2.45) is 5.14 Å². The van der Waals surface area contributed by atoms with E-state index in [-0.39, 0.29) is 17.1 Å². The molecule has 150 valence electrons. The zero-order valence-electron chi connectivity index (χ0n) is 15.7. The van der Waals surface area contributed by atoms with Crippen LogP contribution in [0.15, 0.2) is 53.4 Å². The third-order valence-electron chi connectivity index (χ3n) is 4.15. The highest BCUT2D eigenvalue weighted by Gasteiger charge is 2.18. The molecule has 2 aromatic carbocycles. The van der Waals surface area contributed by atoms with Gasteiger partial charge in [0.05, 0.1) is 24.1 Å². The Balaban J connectivity index is 2.04. The van der Waals surface area contributed by atoms with Gasteiger partial charge in [0.2, 0.25) is 10.0 Å². The molecule has 0 aliphatic carbocycles. The second-order valence-corrected chi connectivity index (χ2v) is 8.07. The Labute approximate surface area is 168 Å². The largest absolute Gasteiger partial charge is 0.286 e. The van der Waals surface area contributed by atoms with Gasteiger partial charge in [-0.15, -0.1) is 5.10 Å². The average Bonchev–Trinajstić information content (AvgIpc) is 3.03. The highest BCUT2D eigenvalue weighted by molar-refractivity contribution is 7.89. The molecule has 8 nitrogen and oxygen atoms in total. The summed E-state index contributed by atoms with van der Waals surface area (Å²) < 4.78 is 39.0. The van der Waals surface area contributed by atoms with Gasteiger partial charge >= 0.3 is 0 Å². The number of nitriles is 1. The molecule has 0 spiro atoms. The number of hydrogen-bond acceptors (Lipinski definition) is 6. The second kappa shape index (κ2) is 8.48. The van der Waals surface area contributed by atoms with Crippen LogP contribution in [0.25, 0.3) is 5.69 Å². The minimum absolute atomic E-state index is 0.0602. The summed E-state index contributed by atoms with van der Waals surface area (Å²) in [7, 11) is -2.27. The average molecular weight is 414 g/mol. The molecular weight excluding hydrogens is 395 g/mol. The standard InChI is InChI=1S/C19H19FN6O2S/c1-25(10-9-21)13-18-23-19(11-14-5-3-2-4-6-14)26(24-18)17-8-7-15(12-16(17)20)29(22,27)28/h2-8,12H,10-11,13H2,1H3,(H2,22,27,28). The number of primary sulfonamides is 1. The monoisotopic (exact) mass is 414 g/mol. The number of halogens is 1. The first-order valence-corrected chi connectivity index (χ1v) is 10.2. The summed E-state index contributed by atoms with van der Waals surface area (Å²) in [6.07, 6.45) is 0.395. The van der Waals surface area contributed by atoms with E-state index in [1.165, 1.54) is 16.8 Å². The molecule has 10 heteroatoms. The fourth-order valence-electron chi connectivity index (χ4n) is 2.80. The first-order chi connectivity index (χ1) is 13.8. The molecular formula is C19H19FN6O2S. The molecule has 0 radical (unpaired) electrons. The fourth-order valence-corrected chi connectivity index (χ4v) is 3.32. The summed E-state index contributed by atoms with van der Waals surface area (Å²) in [6.45, 7) is 0.499. The normalized spacial score (nSPS) is 11.6. The van der Waals surface area contributed by atoms with Gasteiger partial charge in [-0.1, -0.05) is 30.3 Å². The fraction of sp³-hybridized carbons (Fsp3) is 0.211. The summed E-state index contributed by atoms with van der Waals surface area (Å²) in [4.78, 5) is 5.91. The van der Waals surface area contributed by atoms with Crippen molar-refractivity contribution < 1.29 is 12.8 Å². The second-order valence-electron chi connectivity index (χ2n) is 6.51. The molecule has 3 aromatic rings. The van der Waals surface area contributed by atoms with Gasteiger partial charge in [0.1, 0.15) is 17.3 Å². The van der Waals surface area contributed by atoms with Crippen LogP contribution in [0.4, 0.5) is 4.39 Å². The number of rotatable bonds is 7. The Kier molecular flexibility index (Phi) is 6.03. The van der Waals surface area contributed by atoms with Crippen molar-refractivity contribution in [3.8, 4) is 11.8 Å². The van der Waals surface area contributed by atoms with Gasteiger partial charge in [0.15, 0.2) is 5.82 Å². The van der Waals surface area contributed by atoms with E-state index in [0.717, 1.165) is 11.6 Å². The quantitative estimate of drug-likeness (QED) is 0.587. The van der Waals surface area contributed by atoms with Crippen molar-refractivity contribution in [3.63, 3.8) is 0 Å². The Morgan fingerprint density at radius 3 is 2.59 bits per heavy atom. The van der Waals surface area contributed by atoms with Crippen molar-refractivity contribution in [2.45, 2.75) is 17.9 Å². The predicted molar refractivity (Wildman–Crippen MR) is 104 cm³/mol. The number of nitrogens with zero attached hydrogens (tertiary/aromatic N) is 5. The van der Waals surface area contributed by atoms with E-state index >= 15 is 0 Å². The van der Waals surface area contributed by atoms with Crippen LogP contribution in [-0.4, -0.2) is 41.7 Å². The number of aromatic nitrogens is 3. The van der Waals surface area contributed by atoms with Gasteiger partial charge in [0.25, 0.3) is 0 Å². The first-order valence-electron chi connectivity index (χ1n) is 8.65. The van der Waals surface area contributed by atoms with Gasteiger partial charge in [-0.05, 0) is 30.8 Å². The lowest BCUT2D eigenvalue weighted by atomic mass is 10.1. The first kappa shape index (κ1) is 20.6. The van der Waals surface area contributed by atoms with Crippen LogP contribution in [0.2, 0.25) is 0 Å². The Hall–Kier alpha value is -3.13. The molecule has 0 bridgehead atoms. The van der Waals surface area contributed by atoms with E-state index < -0.39 is 15.8 Å². The summed E-state index contributed by atoms with van der Waals surface area (Å²) in [6, 6.07) is 14.9. The van der Waals surface area contributed by atoms with E-state index in [9.17, 15) is 12.8 Å². The van der Waals surface area contributed by atoms with Gasteiger partial charge in [-0.25, -0.2) is 27.6 Å². The van der Waals surface area contributed by atoms with Crippen molar-refractivity contribution in [2.75, 3.05) is 13.6 Å². The maximum Gasteiger partial charge on any atom is 0.238 e. The number of sulfonamides is 1. The van der Waals surface area contributed by atoms with Crippen molar-refractivity contribution in [3.05, 3.63) is 71.6 Å². The molecule has 1 heterocycles. The minimum atomic E-state index is -4.02. The molecule has 0 saturated heterocycles. The van der Waals surface area contributed by atoms with E-state index in [0.29, 0.717) is 24.6 Å². The van der Waals surface area contributed by atoms with E-state index in [2.05, 4.69) is 10.1 Å². The molecule has 29 heavy (non-hydrogen) atoms. The molecule has 1 aromatic heterocycles. The smallest absolute Gasteiger partial charge is 0.238 e. The molecule has 0 unspecified atom stereocenters. The van der Waals surface area contributed by atoms with Crippen molar-refractivity contribution >= 4 is 10.0 Å². The molecule has 0 atom stereocenters. The van der Waals surface area contributed by atoms with Gasteiger partial charge in [-0.2, -0.15) is 5.26 Å². The molecule has 0 aliphatic heterocycles. The van der Waals surface area contributed by atoms with Crippen molar-refractivity contribution in [1.82, 2.24) is 19.7 Å². The third-order valence-corrected chi connectivity index (χ3v) is 5.06. The number of hydrogen-bond donors (Lipinski definition) is 1. The summed E-state index contributed by atoms with van der Waals surface area (Å²) >= 11 is 0. The van der Waals surface area contributed by atoms with Crippen molar-refractivity contribution in [1.29, 1.82) is 5.26 Å². The Morgan fingerprint density at radius 2 is 1.97 bits per heavy atom. The third kappa shape index (κ3) is 5.03. The molecule has 2 N–H and O–H groups in total. The maximum atomic E-state index is 14.7. The van der Waals surface area contributed by atoms with E-state index in [1.54, 1.807) is 11.9 Å². The molecule has 3 rings (SSSR count). The SMILES string of the molecule is CN(CC#N)Cc1nc(Cc2ccccc2)n(-c2ccc(S(N)(=O)=O)cc2F)n1. The van der Waals surface area contributed by atoms with Gasteiger partial charge < -0.3 is 0 Å². The van der Waals surface area contributed by atoms with E-state index in [1.807, 2.05) is 36.4 Å².